The number of anilines is 1. The van der Waals surface area contributed by atoms with Crippen molar-refractivity contribution in [3.63, 3.8) is 0 Å². The van der Waals surface area contributed by atoms with E-state index in [1.54, 1.807) is 12.1 Å². The molecule has 0 aliphatic carbocycles. The van der Waals surface area contributed by atoms with Gasteiger partial charge in [0, 0.05) is 31.3 Å². The van der Waals surface area contributed by atoms with E-state index in [1.807, 2.05) is 11.8 Å². The summed E-state index contributed by atoms with van der Waals surface area (Å²) in [5.74, 6) is -1.39. The molecule has 5 heteroatoms. The number of hydrogen-bond donors (Lipinski definition) is 1. The van der Waals surface area contributed by atoms with Gasteiger partial charge in [-0.3, -0.25) is 0 Å². The molecule has 0 amide bonds. The highest BCUT2D eigenvalue weighted by atomic mass is 19.1. The SMILES string of the molecule is CC1CN(c2c(F)cccc2/C=C/C(=O)O)CCCO1. The van der Waals surface area contributed by atoms with Crippen LogP contribution in [-0.4, -0.2) is 36.9 Å². The van der Waals surface area contributed by atoms with Crippen molar-refractivity contribution in [3.8, 4) is 0 Å². The maximum atomic E-state index is 14.2. The van der Waals surface area contributed by atoms with E-state index < -0.39 is 5.97 Å². The minimum Gasteiger partial charge on any atom is -0.478 e. The molecule has 1 aliphatic rings. The average molecular weight is 279 g/mol. The van der Waals surface area contributed by atoms with Crippen LogP contribution in [0.15, 0.2) is 24.3 Å². The molecule has 1 saturated heterocycles. The quantitative estimate of drug-likeness (QED) is 0.864. The number of carboxylic acid groups (broad SMARTS) is 1. The molecule has 0 radical (unpaired) electrons. The van der Waals surface area contributed by atoms with Crippen LogP contribution in [0.5, 0.6) is 0 Å². The van der Waals surface area contributed by atoms with E-state index in [9.17, 15) is 9.18 Å². The van der Waals surface area contributed by atoms with Crippen LogP contribution in [0, 0.1) is 5.82 Å². The Balaban J connectivity index is 2.35. The standard InChI is InChI=1S/C15H18FNO3/c1-11-10-17(8-3-9-20-11)15-12(6-7-14(18)19)4-2-5-13(15)16/h2,4-7,11H,3,8-10H2,1H3,(H,18,19)/b7-6+. The molecule has 1 aliphatic heterocycles. The van der Waals surface area contributed by atoms with Gasteiger partial charge in [0.15, 0.2) is 0 Å². The lowest BCUT2D eigenvalue weighted by atomic mass is 10.1. The first-order valence-electron chi connectivity index (χ1n) is 6.64. The highest BCUT2D eigenvalue weighted by molar-refractivity contribution is 5.87. The van der Waals surface area contributed by atoms with Gasteiger partial charge in [-0.15, -0.1) is 0 Å². The zero-order valence-electron chi connectivity index (χ0n) is 11.4. The molecule has 1 aromatic rings. The third-order valence-electron chi connectivity index (χ3n) is 3.19. The van der Waals surface area contributed by atoms with Gasteiger partial charge in [-0.25, -0.2) is 9.18 Å². The van der Waals surface area contributed by atoms with Gasteiger partial charge in [0.25, 0.3) is 0 Å². The summed E-state index contributed by atoms with van der Waals surface area (Å²) in [5.41, 5.74) is 1.02. The van der Waals surface area contributed by atoms with E-state index in [2.05, 4.69) is 0 Å². The summed E-state index contributed by atoms with van der Waals surface area (Å²) < 4.78 is 19.7. The molecule has 1 atom stereocenters. The fraction of sp³-hybridized carbons (Fsp3) is 0.400. The van der Waals surface area contributed by atoms with Gasteiger partial charge >= 0.3 is 5.97 Å². The number of para-hydroxylation sites is 1. The Kier molecular flexibility index (Phi) is 4.74. The molecule has 0 saturated carbocycles. The first kappa shape index (κ1) is 14.5. The van der Waals surface area contributed by atoms with Crippen molar-refractivity contribution in [2.75, 3.05) is 24.6 Å². The Morgan fingerprint density at radius 2 is 2.35 bits per heavy atom. The summed E-state index contributed by atoms with van der Waals surface area (Å²) in [6.45, 7) is 3.90. The lowest BCUT2D eigenvalue weighted by Gasteiger charge is -2.26. The van der Waals surface area contributed by atoms with Gasteiger partial charge in [0.05, 0.1) is 11.8 Å². The van der Waals surface area contributed by atoms with Crippen LogP contribution in [0.25, 0.3) is 6.08 Å². The van der Waals surface area contributed by atoms with Gasteiger partial charge in [-0.05, 0) is 25.5 Å². The monoisotopic (exact) mass is 279 g/mol. The molecule has 1 aromatic carbocycles. The summed E-state index contributed by atoms with van der Waals surface area (Å²) in [4.78, 5) is 12.6. The Morgan fingerprint density at radius 3 is 3.10 bits per heavy atom. The fourth-order valence-corrected chi connectivity index (χ4v) is 2.36. The molecule has 20 heavy (non-hydrogen) atoms. The second kappa shape index (κ2) is 6.52. The maximum absolute atomic E-state index is 14.2. The molecule has 1 N–H and O–H groups in total. The summed E-state index contributed by atoms with van der Waals surface area (Å²) in [6, 6.07) is 4.69. The Bertz CT molecular complexity index is 516. The molecule has 1 unspecified atom stereocenters. The third kappa shape index (κ3) is 3.57. The second-order valence-corrected chi connectivity index (χ2v) is 4.83. The van der Waals surface area contributed by atoms with Crippen molar-refractivity contribution in [2.45, 2.75) is 19.4 Å². The van der Waals surface area contributed by atoms with Gasteiger partial charge in [-0.1, -0.05) is 12.1 Å². The minimum absolute atomic E-state index is 0.0217. The van der Waals surface area contributed by atoms with Crippen LogP contribution in [0.2, 0.25) is 0 Å². The Hall–Kier alpha value is -1.88. The predicted octanol–water partition coefficient (Wildman–Crippen LogP) is 2.54. The van der Waals surface area contributed by atoms with Gasteiger partial charge < -0.3 is 14.7 Å². The lowest BCUT2D eigenvalue weighted by molar-refractivity contribution is -0.131. The van der Waals surface area contributed by atoms with Crippen molar-refractivity contribution in [1.82, 2.24) is 0 Å². The van der Waals surface area contributed by atoms with E-state index in [1.165, 1.54) is 12.1 Å². The van der Waals surface area contributed by atoms with Crippen LogP contribution in [0.1, 0.15) is 18.9 Å². The zero-order chi connectivity index (χ0) is 14.5. The van der Waals surface area contributed by atoms with E-state index in [0.29, 0.717) is 30.9 Å². The molecular weight excluding hydrogens is 261 g/mol. The van der Waals surface area contributed by atoms with Crippen molar-refractivity contribution >= 4 is 17.7 Å². The van der Waals surface area contributed by atoms with Crippen LogP contribution < -0.4 is 4.90 Å². The smallest absolute Gasteiger partial charge is 0.328 e. The minimum atomic E-state index is -1.05. The Labute approximate surface area is 117 Å². The van der Waals surface area contributed by atoms with Crippen LogP contribution in [0.3, 0.4) is 0 Å². The highest BCUT2D eigenvalue weighted by Crippen LogP contribution is 2.27. The lowest BCUT2D eigenvalue weighted by Crippen LogP contribution is -2.31. The second-order valence-electron chi connectivity index (χ2n) is 4.83. The van der Waals surface area contributed by atoms with Crippen molar-refractivity contribution in [2.24, 2.45) is 0 Å². The molecule has 2 rings (SSSR count). The largest absolute Gasteiger partial charge is 0.478 e. The number of halogens is 1. The molecule has 1 heterocycles. The van der Waals surface area contributed by atoms with Crippen LogP contribution >= 0.6 is 0 Å². The zero-order valence-corrected chi connectivity index (χ0v) is 11.4. The third-order valence-corrected chi connectivity index (χ3v) is 3.19. The predicted molar refractivity (Wildman–Crippen MR) is 75.3 cm³/mol. The van der Waals surface area contributed by atoms with Gasteiger partial charge in [0.1, 0.15) is 5.82 Å². The molecule has 1 fully saturated rings. The number of carbonyl (C=O) groups is 1. The molecule has 4 nitrogen and oxygen atoms in total. The molecule has 0 spiro atoms. The van der Waals surface area contributed by atoms with E-state index in [-0.39, 0.29) is 11.9 Å². The number of nitrogens with zero attached hydrogens (tertiary/aromatic N) is 1. The highest BCUT2D eigenvalue weighted by Gasteiger charge is 2.20. The average Bonchev–Trinajstić information content (AvgIpc) is 2.61. The normalized spacial score (nSPS) is 20.1. The maximum Gasteiger partial charge on any atom is 0.328 e. The first-order valence-corrected chi connectivity index (χ1v) is 6.64. The van der Waals surface area contributed by atoms with Crippen LogP contribution in [-0.2, 0) is 9.53 Å². The van der Waals surface area contributed by atoms with Gasteiger partial charge in [-0.2, -0.15) is 0 Å². The van der Waals surface area contributed by atoms with Gasteiger partial charge in [0.2, 0.25) is 0 Å². The van der Waals surface area contributed by atoms with Crippen LogP contribution in [0.4, 0.5) is 10.1 Å². The molecule has 108 valence electrons. The first-order chi connectivity index (χ1) is 9.58. The molecular formula is C15H18FNO3. The van der Waals surface area contributed by atoms with Crippen molar-refractivity contribution in [3.05, 3.63) is 35.7 Å². The Morgan fingerprint density at radius 1 is 1.55 bits per heavy atom. The summed E-state index contributed by atoms with van der Waals surface area (Å²) in [6.07, 6.45) is 3.29. The van der Waals surface area contributed by atoms with E-state index in [4.69, 9.17) is 9.84 Å². The number of aliphatic carboxylic acids is 1. The van der Waals surface area contributed by atoms with Crippen molar-refractivity contribution in [1.29, 1.82) is 0 Å². The number of benzene rings is 1. The summed E-state index contributed by atoms with van der Waals surface area (Å²) >= 11 is 0. The summed E-state index contributed by atoms with van der Waals surface area (Å²) in [7, 11) is 0. The van der Waals surface area contributed by atoms with E-state index in [0.717, 1.165) is 12.5 Å². The number of carboxylic acids is 1. The number of rotatable bonds is 3. The van der Waals surface area contributed by atoms with Crippen molar-refractivity contribution < 1.29 is 19.0 Å². The van der Waals surface area contributed by atoms with E-state index >= 15 is 0 Å². The summed E-state index contributed by atoms with van der Waals surface area (Å²) in [5, 5.41) is 8.72. The molecule has 0 aromatic heterocycles. The topological polar surface area (TPSA) is 49.8 Å². The number of ether oxygens (including phenoxy) is 1. The molecule has 0 bridgehead atoms. The number of hydrogen-bond acceptors (Lipinski definition) is 3. The fourth-order valence-electron chi connectivity index (χ4n) is 2.36.